The largest absolute Gasteiger partial charge is 0.396 e. The first-order valence-corrected chi connectivity index (χ1v) is 9.99. The Bertz CT molecular complexity index is 368. The van der Waals surface area contributed by atoms with Gasteiger partial charge in [0.15, 0.2) is 5.96 Å². The van der Waals surface area contributed by atoms with Gasteiger partial charge in [0.25, 0.3) is 0 Å². The molecule has 0 spiro atoms. The Hall–Kier alpha value is -0.0800. The molecule has 0 aromatic carbocycles. The van der Waals surface area contributed by atoms with Gasteiger partial charge in [-0.3, -0.25) is 4.99 Å². The molecule has 1 unspecified atom stereocenters. The van der Waals surface area contributed by atoms with Crippen LogP contribution in [0.4, 0.5) is 0 Å². The maximum Gasteiger partial charge on any atom is 0.191 e. The molecule has 0 amide bonds. The zero-order valence-electron chi connectivity index (χ0n) is 15.9. The number of nitrogens with zero attached hydrogens (tertiary/aromatic N) is 1. The summed E-state index contributed by atoms with van der Waals surface area (Å²) in [7, 11) is 0. The van der Waals surface area contributed by atoms with Crippen molar-refractivity contribution in [1.82, 2.24) is 10.6 Å². The van der Waals surface area contributed by atoms with Crippen molar-refractivity contribution in [3.8, 4) is 0 Å². The molecule has 2 aliphatic rings. The highest BCUT2D eigenvalue weighted by atomic mass is 127. The van der Waals surface area contributed by atoms with Crippen molar-refractivity contribution in [2.24, 2.45) is 16.3 Å². The van der Waals surface area contributed by atoms with Crippen LogP contribution in [0.25, 0.3) is 0 Å². The van der Waals surface area contributed by atoms with Crippen molar-refractivity contribution in [2.45, 2.75) is 64.7 Å². The second-order valence-electron chi connectivity index (χ2n) is 7.54. The van der Waals surface area contributed by atoms with Gasteiger partial charge in [-0.2, -0.15) is 0 Å². The van der Waals surface area contributed by atoms with E-state index in [1.807, 2.05) is 0 Å². The Balaban J connectivity index is 0.00000312. The molecule has 148 valence electrons. The molecule has 3 N–H and O–H groups in total. The summed E-state index contributed by atoms with van der Waals surface area (Å²) in [6.07, 6.45) is 11.5. The first kappa shape index (κ1) is 23.0. The van der Waals surface area contributed by atoms with Gasteiger partial charge in [-0.25, -0.2) is 0 Å². The Kier molecular flexibility index (Phi) is 12.1. The van der Waals surface area contributed by atoms with E-state index in [1.54, 1.807) is 0 Å². The first-order valence-electron chi connectivity index (χ1n) is 9.99. The quantitative estimate of drug-likeness (QED) is 0.211. The summed E-state index contributed by atoms with van der Waals surface area (Å²) in [5, 5.41) is 16.1. The lowest BCUT2D eigenvalue weighted by Crippen LogP contribution is -2.39. The smallest absolute Gasteiger partial charge is 0.191 e. The van der Waals surface area contributed by atoms with Crippen LogP contribution in [0.5, 0.6) is 0 Å². The topological polar surface area (TPSA) is 65.9 Å². The highest BCUT2D eigenvalue weighted by Crippen LogP contribution is 2.32. The summed E-state index contributed by atoms with van der Waals surface area (Å²) in [6, 6.07) is 0. The number of aliphatic imine (C=N–C) groups is 1. The summed E-state index contributed by atoms with van der Waals surface area (Å²) < 4.78 is 5.55. The molecule has 1 aliphatic heterocycles. The van der Waals surface area contributed by atoms with Crippen molar-refractivity contribution in [2.75, 3.05) is 39.5 Å². The summed E-state index contributed by atoms with van der Waals surface area (Å²) in [5.74, 6) is 1.86. The molecule has 0 aromatic rings. The molecule has 1 atom stereocenters. The second-order valence-corrected chi connectivity index (χ2v) is 7.54. The molecular formula is C19H38IN3O2. The minimum Gasteiger partial charge on any atom is -0.396 e. The van der Waals surface area contributed by atoms with Crippen LogP contribution in [0.3, 0.4) is 0 Å². The van der Waals surface area contributed by atoms with Crippen LogP contribution in [0.15, 0.2) is 4.99 Å². The minimum absolute atomic E-state index is 0. The van der Waals surface area contributed by atoms with Gasteiger partial charge in [-0.15, -0.1) is 24.0 Å². The van der Waals surface area contributed by atoms with E-state index in [-0.39, 0.29) is 36.0 Å². The Morgan fingerprint density at radius 2 is 2.04 bits per heavy atom. The van der Waals surface area contributed by atoms with Crippen LogP contribution in [-0.2, 0) is 4.74 Å². The fraction of sp³-hybridized carbons (Fsp3) is 0.947. The Labute approximate surface area is 170 Å². The van der Waals surface area contributed by atoms with Crippen molar-refractivity contribution < 1.29 is 9.84 Å². The third kappa shape index (κ3) is 8.43. The van der Waals surface area contributed by atoms with Gasteiger partial charge in [0.05, 0.1) is 13.2 Å². The zero-order chi connectivity index (χ0) is 17.1. The molecule has 5 nitrogen and oxygen atoms in total. The molecule has 25 heavy (non-hydrogen) atoms. The van der Waals surface area contributed by atoms with Gasteiger partial charge < -0.3 is 20.5 Å². The maximum absolute atomic E-state index is 9.32. The van der Waals surface area contributed by atoms with E-state index in [9.17, 15) is 5.11 Å². The van der Waals surface area contributed by atoms with Gasteiger partial charge in [0, 0.05) is 31.7 Å². The lowest BCUT2D eigenvalue weighted by molar-refractivity contribution is 0.131. The highest BCUT2D eigenvalue weighted by Gasteiger charge is 2.34. The lowest BCUT2D eigenvalue weighted by Gasteiger charge is -2.25. The third-order valence-corrected chi connectivity index (χ3v) is 5.55. The van der Waals surface area contributed by atoms with Crippen molar-refractivity contribution in [3.63, 3.8) is 0 Å². The van der Waals surface area contributed by atoms with Gasteiger partial charge in [0.2, 0.25) is 0 Å². The number of rotatable bonds is 9. The van der Waals surface area contributed by atoms with Gasteiger partial charge in [0.1, 0.15) is 0 Å². The van der Waals surface area contributed by atoms with Crippen LogP contribution in [0.2, 0.25) is 0 Å². The summed E-state index contributed by atoms with van der Waals surface area (Å²) >= 11 is 0. The average Bonchev–Trinajstić information content (AvgIpc) is 3.06. The van der Waals surface area contributed by atoms with Crippen LogP contribution in [-0.4, -0.2) is 50.5 Å². The zero-order valence-corrected chi connectivity index (χ0v) is 18.2. The van der Waals surface area contributed by atoms with E-state index in [1.165, 1.54) is 44.9 Å². The highest BCUT2D eigenvalue weighted by molar-refractivity contribution is 14.0. The third-order valence-electron chi connectivity index (χ3n) is 5.55. The number of hydrogen-bond donors (Lipinski definition) is 3. The van der Waals surface area contributed by atoms with Crippen LogP contribution < -0.4 is 10.6 Å². The van der Waals surface area contributed by atoms with Gasteiger partial charge >= 0.3 is 0 Å². The summed E-state index contributed by atoms with van der Waals surface area (Å²) in [5.41, 5.74) is 0.0270. The molecule has 2 fully saturated rings. The summed E-state index contributed by atoms with van der Waals surface area (Å²) in [4.78, 5) is 4.77. The lowest BCUT2D eigenvalue weighted by atomic mass is 9.84. The molecule has 1 aliphatic carbocycles. The van der Waals surface area contributed by atoms with Crippen LogP contribution in [0, 0.1) is 11.3 Å². The van der Waals surface area contributed by atoms with Crippen molar-refractivity contribution in [1.29, 1.82) is 0 Å². The molecule has 0 radical (unpaired) electrons. The molecular weight excluding hydrogens is 429 g/mol. The standard InChI is InChI=1S/C19H37N3O2.HI/c1-2-20-18(21-12-6-9-17-7-4-3-5-8-17)22-15-19(10-13-23)11-14-24-16-19;/h17,23H,2-16H2,1H3,(H2,20,21,22);1H. The Morgan fingerprint density at radius 3 is 2.68 bits per heavy atom. The first-order chi connectivity index (χ1) is 11.8. The van der Waals surface area contributed by atoms with Crippen LogP contribution in [0.1, 0.15) is 64.7 Å². The number of aliphatic hydroxyl groups excluding tert-OH is 1. The number of nitrogens with one attached hydrogen (secondary N) is 2. The normalized spacial score (nSPS) is 24.8. The number of hydrogen-bond acceptors (Lipinski definition) is 3. The van der Waals surface area contributed by atoms with Crippen molar-refractivity contribution in [3.05, 3.63) is 0 Å². The predicted molar refractivity (Wildman–Crippen MR) is 115 cm³/mol. The fourth-order valence-electron chi connectivity index (χ4n) is 3.95. The number of halogens is 1. The SMILES string of the molecule is CCNC(=NCC1(CCO)CCOC1)NCCCC1CCCCC1.I. The predicted octanol–water partition coefficient (Wildman–Crippen LogP) is 3.31. The van der Waals surface area contributed by atoms with Gasteiger partial charge in [-0.05, 0) is 38.5 Å². The molecule has 6 heteroatoms. The molecule has 0 bridgehead atoms. The average molecular weight is 467 g/mol. The second kappa shape index (κ2) is 13.1. The van der Waals surface area contributed by atoms with E-state index in [2.05, 4.69) is 17.6 Å². The van der Waals surface area contributed by atoms with Crippen molar-refractivity contribution >= 4 is 29.9 Å². The molecule has 1 saturated carbocycles. The number of guanidine groups is 1. The Morgan fingerprint density at radius 1 is 1.24 bits per heavy atom. The van der Waals surface area contributed by atoms with E-state index in [0.29, 0.717) is 0 Å². The monoisotopic (exact) mass is 467 g/mol. The van der Waals surface area contributed by atoms with E-state index in [0.717, 1.165) is 57.6 Å². The maximum atomic E-state index is 9.32. The molecule has 2 rings (SSSR count). The molecule has 1 heterocycles. The number of aliphatic hydroxyl groups is 1. The van der Waals surface area contributed by atoms with Gasteiger partial charge in [-0.1, -0.05) is 32.1 Å². The van der Waals surface area contributed by atoms with E-state index < -0.39 is 0 Å². The van der Waals surface area contributed by atoms with Crippen LogP contribution >= 0.6 is 24.0 Å². The fourth-order valence-corrected chi connectivity index (χ4v) is 3.95. The van der Waals surface area contributed by atoms with E-state index in [4.69, 9.17) is 9.73 Å². The molecule has 0 aromatic heterocycles. The summed E-state index contributed by atoms with van der Waals surface area (Å²) in [6.45, 7) is 6.42. The number of ether oxygens (including phenoxy) is 1. The minimum atomic E-state index is 0. The molecule has 1 saturated heterocycles. The van der Waals surface area contributed by atoms with E-state index >= 15 is 0 Å².